The van der Waals surface area contributed by atoms with E-state index >= 15 is 0 Å². The van der Waals surface area contributed by atoms with Crippen molar-refractivity contribution >= 4 is 12.5 Å². The van der Waals surface area contributed by atoms with E-state index in [0.717, 1.165) is 6.04 Å². The molecule has 0 aliphatic rings. The monoisotopic (exact) mass is 436 g/mol. The van der Waals surface area contributed by atoms with Crippen LogP contribution < -0.4 is 24.8 Å². The zero-order valence-corrected chi connectivity index (χ0v) is 18.9. The number of halogens is 2. The van der Waals surface area contributed by atoms with Crippen molar-refractivity contribution in [3.8, 4) is 0 Å². The fourth-order valence-electron chi connectivity index (χ4n) is 1.11. The fourth-order valence-corrected chi connectivity index (χ4v) is 6.27. The van der Waals surface area contributed by atoms with Gasteiger partial charge in [-0.3, -0.25) is 0 Å². The Morgan fingerprint density at radius 1 is 0.952 bits per heavy atom. The zero-order valence-electron chi connectivity index (χ0n) is 12.9. The first-order valence-electron chi connectivity index (χ1n) is 6.50. The van der Waals surface area contributed by atoms with E-state index in [4.69, 9.17) is 5.11 Å². The molecule has 0 aliphatic carbocycles. The summed E-state index contributed by atoms with van der Waals surface area (Å²) in [6.45, 7) is 7.60. The van der Waals surface area contributed by atoms with E-state index in [2.05, 4.69) is 19.6 Å². The summed E-state index contributed by atoms with van der Waals surface area (Å²) in [4.78, 5) is -0.00455. The topological polar surface area (TPSA) is 20.2 Å². The van der Waals surface area contributed by atoms with Crippen molar-refractivity contribution in [2.45, 2.75) is 25.7 Å². The minimum absolute atomic E-state index is 0. The third kappa shape index (κ3) is 16.8. The normalized spacial score (nSPS) is 8.86. The van der Waals surface area contributed by atoms with Crippen molar-refractivity contribution < 1.29 is 53.3 Å². The standard InChI is InChI=1S/C5H14OSi2.2C5H5.2ClH.Zr/c1-7-8(2,3)5-4-6;2*1-2-4-5-3-1;;;/h6H,4-5H2,1-3H3;2*1-5H;2*1H;/q;2*-1;;;+2/p-2. The molecule has 1 nitrogen and oxygen atoms in total. The Bertz CT molecular complexity index is 343. The van der Waals surface area contributed by atoms with Gasteiger partial charge in [-0.15, -0.1) is 0 Å². The van der Waals surface area contributed by atoms with Gasteiger partial charge in [-0.2, -0.15) is 36.4 Å². The summed E-state index contributed by atoms with van der Waals surface area (Å²) in [5.41, 5.74) is 0. The van der Waals surface area contributed by atoms with E-state index < -0.39 is 7.59 Å². The molecule has 0 amide bonds. The molecule has 6 heteroatoms. The maximum absolute atomic E-state index is 8.71. The summed E-state index contributed by atoms with van der Waals surface area (Å²) < 4.78 is 0. The van der Waals surface area contributed by atoms with Crippen LogP contribution in [0.3, 0.4) is 0 Å². The third-order valence-electron chi connectivity index (χ3n) is 2.86. The van der Waals surface area contributed by atoms with Gasteiger partial charge in [0.2, 0.25) is 0 Å². The van der Waals surface area contributed by atoms with Crippen molar-refractivity contribution in [3.05, 3.63) is 60.7 Å². The van der Waals surface area contributed by atoms with Crippen LogP contribution in [0, 0.1) is 0 Å². The maximum atomic E-state index is 8.71. The van der Waals surface area contributed by atoms with E-state index in [1.165, 1.54) is 0 Å². The number of rotatable bonds is 3. The second-order valence-corrected chi connectivity index (χ2v) is 26.0. The van der Waals surface area contributed by atoms with E-state index in [9.17, 15) is 0 Å². The molecule has 2 aromatic carbocycles. The van der Waals surface area contributed by atoms with Gasteiger partial charge in [0.25, 0.3) is 0 Å². The second kappa shape index (κ2) is 16.9. The third-order valence-corrected chi connectivity index (χ3v) is 28.2. The summed E-state index contributed by atoms with van der Waals surface area (Å²) in [5, 5.41) is 8.71. The molecule has 0 unspecified atom stereocenters. The van der Waals surface area contributed by atoms with Crippen molar-refractivity contribution in [1.29, 1.82) is 0 Å². The quantitative estimate of drug-likeness (QED) is 0.424. The number of aliphatic hydroxyl groups excluding tert-OH is 1. The molecular weight excluding hydrogens is 414 g/mol. The Morgan fingerprint density at radius 3 is 1.38 bits per heavy atom. The molecule has 0 atom stereocenters. The molecule has 1 N–H and O–H groups in total. The summed E-state index contributed by atoms with van der Waals surface area (Å²) in [6.07, 6.45) is 0. The van der Waals surface area contributed by atoms with Crippen molar-refractivity contribution in [2.75, 3.05) is 6.61 Å². The van der Waals surface area contributed by atoms with Crippen LogP contribution >= 0.6 is 0 Å². The molecule has 0 spiro atoms. The van der Waals surface area contributed by atoms with Gasteiger partial charge >= 0.3 is 73.3 Å². The molecule has 0 bridgehead atoms. The van der Waals surface area contributed by atoms with E-state index in [1.807, 2.05) is 60.7 Å². The van der Waals surface area contributed by atoms with Crippen LogP contribution in [-0.2, 0) is 23.3 Å². The van der Waals surface area contributed by atoms with E-state index in [0.29, 0.717) is 6.61 Å². The van der Waals surface area contributed by atoms with Crippen molar-refractivity contribution in [3.63, 3.8) is 0 Å². The van der Waals surface area contributed by atoms with Gasteiger partial charge in [-0.25, -0.2) is 24.3 Å². The molecule has 0 fully saturated rings. The van der Waals surface area contributed by atoms with Crippen LogP contribution in [0.25, 0.3) is 0 Å². The molecule has 0 heterocycles. The van der Waals surface area contributed by atoms with Crippen LogP contribution in [0.1, 0.15) is 0 Å². The van der Waals surface area contributed by atoms with Gasteiger partial charge in [0.15, 0.2) is 0 Å². The molecule has 2 aromatic rings. The zero-order chi connectivity index (χ0) is 14.6. The van der Waals surface area contributed by atoms with Gasteiger partial charge in [0.1, 0.15) is 0 Å². The molecule has 0 aliphatic heterocycles. The van der Waals surface area contributed by atoms with Gasteiger partial charge in [0.05, 0.1) is 0 Å². The first-order valence-corrected chi connectivity index (χ1v) is 16.4. The average molecular weight is 439 g/mol. The largest absolute Gasteiger partial charge is 1.00 e. The number of hydrogen-bond donors (Lipinski definition) is 1. The Hall–Kier alpha value is 0.557. The van der Waals surface area contributed by atoms with Crippen LogP contribution in [-0.4, -0.2) is 24.3 Å². The molecule has 0 saturated heterocycles. The smallest absolute Gasteiger partial charge is 0.172 e. The van der Waals surface area contributed by atoms with Crippen LogP contribution in [0.15, 0.2) is 60.7 Å². The molecular formula is C15H24Cl2OSi2Zr-2. The van der Waals surface area contributed by atoms with Gasteiger partial charge in [-0.05, 0) is 0 Å². The van der Waals surface area contributed by atoms with Crippen molar-refractivity contribution in [2.24, 2.45) is 0 Å². The minimum atomic E-state index is -0.889. The number of hydrogen-bond acceptors (Lipinski definition) is 1. The van der Waals surface area contributed by atoms with Crippen LogP contribution in [0.4, 0.5) is 0 Å². The SMILES string of the molecule is C[Si](=[Zr+2])[Si](C)(C)CCO.[Cl-].[Cl-].c1cc[cH-]c1.c1cc[cH-]c1. The first-order chi connectivity index (χ1) is 9.00. The summed E-state index contributed by atoms with van der Waals surface area (Å²) in [5.74, 6) is 0. The summed E-state index contributed by atoms with van der Waals surface area (Å²) in [6, 6.07) is 21.1. The molecule has 118 valence electrons. The Kier molecular flexibility index (Phi) is 21.3. The molecule has 0 radical (unpaired) electrons. The first kappa shape index (κ1) is 26.5. The van der Waals surface area contributed by atoms with E-state index in [-0.39, 0.29) is 29.8 Å². The minimum Gasteiger partial charge on any atom is -1.00 e. The number of aliphatic hydroxyl groups is 1. The predicted molar refractivity (Wildman–Crippen MR) is 85.1 cm³/mol. The summed E-state index contributed by atoms with van der Waals surface area (Å²) >= 11 is 1.73. The van der Waals surface area contributed by atoms with Gasteiger partial charge in [-0.1, -0.05) is 0 Å². The predicted octanol–water partition coefficient (Wildman–Crippen LogP) is -2.25. The average Bonchev–Trinajstić information content (AvgIpc) is 3.08. The van der Waals surface area contributed by atoms with Crippen LogP contribution in [0.5, 0.6) is 0 Å². The molecule has 0 aromatic heterocycles. The summed E-state index contributed by atoms with van der Waals surface area (Å²) in [7, 11) is -0.889. The molecule has 2 rings (SSSR count). The van der Waals surface area contributed by atoms with E-state index in [1.54, 1.807) is 23.3 Å². The Balaban J connectivity index is -0.000000232. The molecule has 21 heavy (non-hydrogen) atoms. The van der Waals surface area contributed by atoms with Gasteiger partial charge < -0.3 is 24.8 Å². The maximum Gasteiger partial charge on any atom is -0.172 e. The Labute approximate surface area is 157 Å². The second-order valence-electron chi connectivity index (χ2n) is 4.91. The fraction of sp³-hybridized carbons (Fsp3) is 0.333. The Morgan fingerprint density at radius 2 is 1.29 bits per heavy atom. The van der Waals surface area contributed by atoms with Crippen LogP contribution in [0.2, 0.25) is 25.7 Å². The van der Waals surface area contributed by atoms with Gasteiger partial charge in [0, 0.05) is 0 Å². The molecule has 0 saturated carbocycles. The van der Waals surface area contributed by atoms with Crippen molar-refractivity contribution in [1.82, 2.24) is 0 Å².